The quantitative estimate of drug-likeness (QED) is 0.771. The fourth-order valence-corrected chi connectivity index (χ4v) is 2.29. The lowest BCUT2D eigenvalue weighted by molar-refractivity contribution is 0.630. The Morgan fingerprint density at radius 3 is 2.67 bits per heavy atom. The Balaban J connectivity index is 2.05. The van der Waals surface area contributed by atoms with Crippen LogP contribution < -0.4 is 5.32 Å². The molecule has 3 aromatic heterocycles. The maximum absolute atomic E-state index is 4.59. The van der Waals surface area contributed by atoms with Gasteiger partial charge in [-0.15, -0.1) is 0 Å². The third-order valence-electron chi connectivity index (χ3n) is 3.24. The van der Waals surface area contributed by atoms with Gasteiger partial charge in [-0.2, -0.15) is 10.2 Å². The van der Waals surface area contributed by atoms with Gasteiger partial charge in [0.15, 0.2) is 11.5 Å². The Hall–Kier alpha value is -2.51. The third kappa shape index (κ3) is 2.44. The molecule has 21 heavy (non-hydrogen) atoms. The van der Waals surface area contributed by atoms with Crippen molar-refractivity contribution in [2.45, 2.75) is 27.3 Å². The molecule has 0 fully saturated rings. The summed E-state index contributed by atoms with van der Waals surface area (Å²) >= 11 is 0. The normalized spacial score (nSPS) is 11.2. The summed E-state index contributed by atoms with van der Waals surface area (Å²) in [6, 6.07) is 0. The van der Waals surface area contributed by atoms with Gasteiger partial charge < -0.3 is 5.32 Å². The van der Waals surface area contributed by atoms with E-state index in [-0.39, 0.29) is 0 Å². The van der Waals surface area contributed by atoms with Crippen molar-refractivity contribution >= 4 is 16.9 Å². The van der Waals surface area contributed by atoms with Crippen LogP contribution in [0, 0.1) is 13.8 Å². The minimum absolute atomic E-state index is 0.492. The Morgan fingerprint density at radius 2 is 2.00 bits per heavy atom. The maximum atomic E-state index is 4.59. The number of hydrogen-bond acceptors (Lipinski definition) is 6. The summed E-state index contributed by atoms with van der Waals surface area (Å²) in [4.78, 5) is 13.5. The minimum Gasteiger partial charge on any atom is -0.370 e. The summed E-state index contributed by atoms with van der Waals surface area (Å²) in [6.45, 7) is 7.12. The molecular formula is C13H18N8. The molecule has 3 aromatic rings. The van der Waals surface area contributed by atoms with Gasteiger partial charge >= 0.3 is 0 Å². The van der Waals surface area contributed by atoms with E-state index in [9.17, 15) is 0 Å². The lowest BCUT2D eigenvalue weighted by Crippen LogP contribution is -2.11. The van der Waals surface area contributed by atoms with Crippen LogP contribution in [0.25, 0.3) is 11.0 Å². The van der Waals surface area contributed by atoms with Crippen LogP contribution in [0.1, 0.15) is 24.4 Å². The molecule has 3 rings (SSSR count). The standard InChI is InChI=1S/C13H18N8/c1-5-14-12-10-6-15-20(4)13(10)18-11(17-12)7-21-9(3)16-8(2)19-21/h6H,5,7H2,1-4H3,(H,14,17,18). The lowest BCUT2D eigenvalue weighted by atomic mass is 10.3. The van der Waals surface area contributed by atoms with E-state index in [2.05, 4.69) is 30.5 Å². The highest BCUT2D eigenvalue weighted by Gasteiger charge is 2.12. The molecular weight excluding hydrogens is 268 g/mol. The van der Waals surface area contributed by atoms with Crippen LogP contribution in [0.15, 0.2) is 6.20 Å². The first-order chi connectivity index (χ1) is 10.1. The number of fused-ring (bicyclic) bond motifs is 1. The molecule has 0 spiro atoms. The van der Waals surface area contributed by atoms with Crippen molar-refractivity contribution in [2.24, 2.45) is 7.05 Å². The number of anilines is 1. The molecule has 0 bridgehead atoms. The summed E-state index contributed by atoms with van der Waals surface area (Å²) in [5, 5.41) is 12.8. The molecule has 0 aliphatic heterocycles. The number of hydrogen-bond donors (Lipinski definition) is 1. The van der Waals surface area contributed by atoms with Gasteiger partial charge in [0.2, 0.25) is 0 Å². The van der Waals surface area contributed by atoms with Crippen LogP contribution in [-0.2, 0) is 13.6 Å². The Kier molecular flexibility index (Phi) is 3.28. The number of nitrogens with zero attached hydrogens (tertiary/aromatic N) is 7. The summed E-state index contributed by atoms with van der Waals surface area (Å²) in [5.74, 6) is 3.10. The van der Waals surface area contributed by atoms with Crippen molar-refractivity contribution in [1.29, 1.82) is 0 Å². The predicted molar refractivity (Wildman–Crippen MR) is 79.1 cm³/mol. The average Bonchev–Trinajstić information content (AvgIpc) is 2.94. The van der Waals surface area contributed by atoms with E-state index < -0.39 is 0 Å². The zero-order chi connectivity index (χ0) is 15.0. The predicted octanol–water partition coefficient (Wildman–Crippen LogP) is 1.05. The highest BCUT2D eigenvalue weighted by atomic mass is 15.4. The van der Waals surface area contributed by atoms with E-state index in [4.69, 9.17) is 0 Å². The number of nitrogens with one attached hydrogen (secondary N) is 1. The zero-order valence-electron chi connectivity index (χ0n) is 12.6. The molecule has 3 heterocycles. The summed E-state index contributed by atoms with van der Waals surface area (Å²) in [6.07, 6.45) is 1.78. The van der Waals surface area contributed by atoms with E-state index in [1.54, 1.807) is 10.9 Å². The van der Waals surface area contributed by atoms with Gasteiger partial charge in [0.05, 0.1) is 11.6 Å². The molecule has 0 aromatic carbocycles. The molecule has 0 aliphatic rings. The van der Waals surface area contributed by atoms with Gasteiger partial charge in [0.25, 0.3) is 0 Å². The first-order valence-corrected chi connectivity index (χ1v) is 6.89. The van der Waals surface area contributed by atoms with Gasteiger partial charge in [0, 0.05) is 13.6 Å². The molecule has 0 saturated heterocycles. The van der Waals surface area contributed by atoms with Gasteiger partial charge in [-0.25, -0.2) is 19.6 Å². The molecule has 0 unspecified atom stereocenters. The zero-order valence-corrected chi connectivity index (χ0v) is 12.6. The van der Waals surface area contributed by atoms with Crippen molar-refractivity contribution in [3.05, 3.63) is 23.7 Å². The topological polar surface area (TPSA) is 86.3 Å². The molecule has 110 valence electrons. The van der Waals surface area contributed by atoms with E-state index >= 15 is 0 Å². The SMILES string of the molecule is CCNc1nc(Cn2nc(C)nc2C)nc2c1cnn2C. The summed E-state index contributed by atoms with van der Waals surface area (Å²) < 4.78 is 3.56. The molecule has 0 radical (unpaired) electrons. The van der Waals surface area contributed by atoms with Crippen molar-refractivity contribution in [1.82, 2.24) is 34.5 Å². The third-order valence-corrected chi connectivity index (χ3v) is 3.24. The largest absolute Gasteiger partial charge is 0.370 e. The van der Waals surface area contributed by atoms with Gasteiger partial charge in [0.1, 0.15) is 24.0 Å². The van der Waals surface area contributed by atoms with Crippen LogP contribution in [0.2, 0.25) is 0 Å². The fourth-order valence-electron chi connectivity index (χ4n) is 2.29. The first-order valence-electron chi connectivity index (χ1n) is 6.89. The van der Waals surface area contributed by atoms with Crippen LogP contribution in [-0.4, -0.2) is 41.1 Å². The number of rotatable bonds is 4. The fraction of sp³-hybridized carbons (Fsp3) is 0.462. The monoisotopic (exact) mass is 286 g/mol. The van der Waals surface area contributed by atoms with Gasteiger partial charge in [-0.05, 0) is 20.8 Å². The van der Waals surface area contributed by atoms with Crippen LogP contribution in [0.4, 0.5) is 5.82 Å². The first kappa shape index (κ1) is 13.5. The highest BCUT2D eigenvalue weighted by Crippen LogP contribution is 2.19. The molecule has 8 nitrogen and oxygen atoms in total. The smallest absolute Gasteiger partial charge is 0.163 e. The van der Waals surface area contributed by atoms with E-state index in [0.717, 1.165) is 35.0 Å². The summed E-state index contributed by atoms with van der Waals surface area (Å²) in [7, 11) is 1.87. The van der Waals surface area contributed by atoms with E-state index in [0.29, 0.717) is 12.4 Å². The second-order valence-electron chi connectivity index (χ2n) is 4.89. The van der Waals surface area contributed by atoms with E-state index in [1.165, 1.54) is 0 Å². The van der Waals surface area contributed by atoms with Crippen molar-refractivity contribution in [3.8, 4) is 0 Å². The highest BCUT2D eigenvalue weighted by molar-refractivity contribution is 5.86. The van der Waals surface area contributed by atoms with Crippen molar-refractivity contribution < 1.29 is 0 Å². The molecule has 0 saturated carbocycles. The molecule has 0 amide bonds. The van der Waals surface area contributed by atoms with Crippen molar-refractivity contribution in [3.63, 3.8) is 0 Å². The summed E-state index contributed by atoms with van der Waals surface area (Å²) in [5.41, 5.74) is 0.811. The van der Waals surface area contributed by atoms with Crippen LogP contribution in [0.5, 0.6) is 0 Å². The molecule has 1 N–H and O–H groups in total. The Labute approximate surface area is 122 Å². The number of aryl methyl sites for hydroxylation is 3. The molecule has 0 atom stereocenters. The second-order valence-corrected chi connectivity index (χ2v) is 4.89. The lowest BCUT2D eigenvalue weighted by Gasteiger charge is -2.08. The molecule has 0 aliphatic carbocycles. The Bertz CT molecular complexity index is 785. The second kappa shape index (κ2) is 5.12. The van der Waals surface area contributed by atoms with E-state index in [1.807, 2.05) is 32.5 Å². The Morgan fingerprint density at radius 1 is 1.19 bits per heavy atom. The van der Waals surface area contributed by atoms with Gasteiger partial charge in [-0.1, -0.05) is 0 Å². The minimum atomic E-state index is 0.492. The maximum Gasteiger partial charge on any atom is 0.163 e. The average molecular weight is 286 g/mol. The van der Waals surface area contributed by atoms with Crippen molar-refractivity contribution in [2.75, 3.05) is 11.9 Å². The van der Waals surface area contributed by atoms with Crippen LogP contribution >= 0.6 is 0 Å². The molecule has 8 heteroatoms. The van der Waals surface area contributed by atoms with Gasteiger partial charge in [-0.3, -0.25) is 4.68 Å². The van der Waals surface area contributed by atoms with Crippen LogP contribution in [0.3, 0.4) is 0 Å². The number of aromatic nitrogens is 7.